The average molecular weight is 520 g/mol. The third kappa shape index (κ3) is 6.25. The number of carbonyl (C=O) groups is 3. The minimum absolute atomic E-state index is 0.0351. The molecule has 198 valence electrons. The molecule has 38 heavy (non-hydrogen) atoms. The summed E-state index contributed by atoms with van der Waals surface area (Å²) in [6.45, 7) is 3.63. The van der Waals surface area contributed by atoms with Gasteiger partial charge >= 0.3 is 0 Å². The number of nitrogens with one attached hydrogen (secondary N) is 3. The van der Waals surface area contributed by atoms with Gasteiger partial charge in [0.1, 0.15) is 23.2 Å². The van der Waals surface area contributed by atoms with E-state index >= 15 is 0 Å². The van der Waals surface area contributed by atoms with Crippen molar-refractivity contribution < 1.29 is 23.2 Å². The maximum absolute atomic E-state index is 13.5. The molecule has 4 atom stereocenters. The third-order valence-corrected chi connectivity index (χ3v) is 7.11. The SMILES string of the molecule is C[C@H](NC(=O)Cc1cc(F)cc(F)c1)C(=O)N[C@]1(C)C(=O)NC[C@H](c2ccccc2)C[C@H]1c1ccccc1. The number of benzene rings is 3. The van der Waals surface area contributed by atoms with Crippen molar-refractivity contribution in [3.8, 4) is 0 Å². The van der Waals surface area contributed by atoms with Crippen molar-refractivity contribution in [3.63, 3.8) is 0 Å². The maximum atomic E-state index is 13.5. The van der Waals surface area contributed by atoms with Gasteiger partial charge in [-0.25, -0.2) is 8.78 Å². The summed E-state index contributed by atoms with van der Waals surface area (Å²) in [7, 11) is 0. The lowest BCUT2D eigenvalue weighted by atomic mass is 9.74. The summed E-state index contributed by atoms with van der Waals surface area (Å²) in [4.78, 5) is 39.3. The van der Waals surface area contributed by atoms with Crippen LogP contribution < -0.4 is 16.0 Å². The number of rotatable bonds is 7. The highest BCUT2D eigenvalue weighted by atomic mass is 19.1. The van der Waals surface area contributed by atoms with Crippen LogP contribution in [0.5, 0.6) is 0 Å². The summed E-state index contributed by atoms with van der Waals surface area (Å²) >= 11 is 0. The van der Waals surface area contributed by atoms with E-state index in [0.717, 1.165) is 29.3 Å². The van der Waals surface area contributed by atoms with Crippen LogP contribution in [0.1, 0.15) is 48.8 Å². The number of halogens is 2. The first-order chi connectivity index (χ1) is 18.2. The topological polar surface area (TPSA) is 87.3 Å². The van der Waals surface area contributed by atoms with Gasteiger partial charge in [-0.1, -0.05) is 60.7 Å². The minimum Gasteiger partial charge on any atom is -0.353 e. The van der Waals surface area contributed by atoms with Crippen molar-refractivity contribution in [1.82, 2.24) is 16.0 Å². The summed E-state index contributed by atoms with van der Waals surface area (Å²) in [5, 5.41) is 8.47. The van der Waals surface area contributed by atoms with E-state index < -0.39 is 35.0 Å². The predicted octanol–water partition coefficient (Wildman–Crippen LogP) is 3.97. The van der Waals surface area contributed by atoms with Crippen LogP contribution in [0.15, 0.2) is 78.9 Å². The Morgan fingerprint density at radius 3 is 2.16 bits per heavy atom. The summed E-state index contributed by atoms with van der Waals surface area (Å²) in [6, 6.07) is 21.4. The van der Waals surface area contributed by atoms with Gasteiger partial charge in [0, 0.05) is 24.4 Å². The van der Waals surface area contributed by atoms with Gasteiger partial charge in [0.05, 0.1) is 6.42 Å². The maximum Gasteiger partial charge on any atom is 0.246 e. The number of hydrogen-bond acceptors (Lipinski definition) is 3. The summed E-state index contributed by atoms with van der Waals surface area (Å²) in [5.41, 5.74) is 0.864. The van der Waals surface area contributed by atoms with Crippen LogP contribution in [0.4, 0.5) is 8.78 Å². The standard InChI is InChI=1S/C30H31F2N3O3/c1-19(34-27(36)15-20-13-24(31)17-25(32)14-20)28(37)35-30(2)26(22-11-7-4-8-12-22)16-23(18-33-29(30)38)21-9-5-3-6-10-21/h3-14,17,19,23,26H,15-16,18H2,1-2H3,(H,33,38)(H,34,36)(H,35,37)/t19-,23+,26-,30-/m0/s1. The van der Waals surface area contributed by atoms with Crippen LogP contribution in [-0.2, 0) is 20.8 Å². The molecule has 3 amide bonds. The molecule has 1 aliphatic heterocycles. The van der Waals surface area contributed by atoms with Crippen LogP contribution in [0.2, 0.25) is 0 Å². The molecule has 1 saturated heterocycles. The first-order valence-corrected chi connectivity index (χ1v) is 12.6. The molecule has 0 bridgehead atoms. The van der Waals surface area contributed by atoms with Gasteiger partial charge < -0.3 is 16.0 Å². The molecule has 3 aromatic carbocycles. The lowest BCUT2D eigenvalue weighted by Crippen LogP contribution is -2.62. The van der Waals surface area contributed by atoms with Gasteiger partial charge in [-0.15, -0.1) is 0 Å². The second-order valence-corrected chi connectivity index (χ2v) is 9.95. The Balaban J connectivity index is 1.53. The second kappa shape index (κ2) is 11.5. The number of amides is 3. The van der Waals surface area contributed by atoms with Gasteiger partial charge in [-0.05, 0) is 49.1 Å². The smallest absolute Gasteiger partial charge is 0.246 e. The summed E-state index contributed by atoms with van der Waals surface area (Å²) < 4.78 is 27.0. The fraction of sp³-hybridized carbons (Fsp3) is 0.300. The van der Waals surface area contributed by atoms with E-state index in [1.54, 1.807) is 6.92 Å². The van der Waals surface area contributed by atoms with Crippen molar-refractivity contribution in [2.45, 2.75) is 50.1 Å². The minimum atomic E-state index is -1.30. The lowest BCUT2D eigenvalue weighted by molar-refractivity contribution is -0.135. The Kier molecular flexibility index (Phi) is 8.20. The molecule has 0 spiro atoms. The Bertz CT molecular complexity index is 1280. The number of carbonyl (C=O) groups excluding carboxylic acids is 3. The van der Waals surface area contributed by atoms with Crippen LogP contribution in [-0.4, -0.2) is 35.8 Å². The summed E-state index contributed by atoms with van der Waals surface area (Å²) in [6.07, 6.45) is 0.310. The second-order valence-electron chi connectivity index (χ2n) is 9.95. The molecule has 3 N–H and O–H groups in total. The van der Waals surface area contributed by atoms with Gasteiger partial charge in [0.25, 0.3) is 0 Å². The first-order valence-electron chi connectivity index (χ1n) is 12.6. The number of hydrogen-bond donors (Lipinski definition) is 3. The van der Waals surface area contributed by atoms with E-state index in [2.05, 4.69) is 16.0 Å². The largest absolute Gasteiger partial charge is 0.353 e. The van der Waals surface area contributed by atoms with Crippen LogP contribution in [0.3, 0.4) is 0 Å². The van der Waals surface area contributed by atoms with E-state index in [1.807, 2.05) is 60.7 Å². The van der Waals surface area contributed by atoms with Crippen molar-refractivity contribution in [1.29, 1.82) is 0 Å². The molecule has 0 aromatic heterocycles. The van der Waals surface area contributed by atoms with Gasteiger partial charge in [-0.3, -0.25) is 14.4 Å². The molecule has 3 aromatic rings. The van der Waals surface area contributed by atoms with Crippen molar-refractivity contribution in [2.75, 3.05) is 6.54 Å². The lowest BCUT2D eigenvalue weighted by Gasteiger charge is -2.37. The monoisotopic (exact) mass is 519 g/mol. The van der Waals surface area contributed by atoms with Crippen molar-refractivity contribution in [3.05, 3.63) is 107 Å². The Morgan fingerprint density at radius 1 is 0.974 bits per heavy atom. The zero-order chi connectivity index (χ0) is 27.3. The van der Waals surface area contributed by atoms with E-state index in [0.29, 0.717) is 13.0 Å². The molecule has 1 fully saturated rings. The van der Waals surface area contributed by atoms with E-state index in [-0.39, 0.29) is 29.7 Å². The first kappa shape index (κ1) is 27.0. The zero-order valence-corrected chi connectivity index (χ0v) is 21.3. The van der Waals surface area contributed by atoms with Gasteiger partial charge in [0.15, 0.2) is 0 Å². The molecule has 1 heterocycles. The molecule has 1 aliphatic rings. The summed E-state index contributed by atoms with van der Waals surface area (Å²) in [5.74, 6) is -3.31. The molecule has 0 saturated carbocycles. The molecule has 0 aliphatic carbocycles. The molecule has 6 nitrogen and oxygen atoms in total. The van der Waals surface area contributed by atoms with Crippen LogP contribution in [0, 0.1) is 11.6 Å². The zero-order valence-electron chi connectivity index (χ0n) is 21.3. The van der Waals surface area contributed by atoms with Crippen molar-refractivity contribution in [2.24, 2.45) is 0 Å². The van der Waals surface area contributed by atoms with Crippen LogP contribution in [0.25, 0.3) is 0 Å². The molecular weight excluding hydrogens is 488 g/mol. The molecular formula is C30H31F2N3O3. The normalized spacial score (nSPS) is 22.1. The van der Waals surface area contributed by atoms with Gasteiger partial charge in [0.2, 0.25) is 17.7 Å². The third-order valence-electron chi connectivity index (χ3n) is 7.11. The highest BCUT2D eigenvalue weighted by molar-refractivity contribution is 5.95. The average Bonchev–Trinajstić information content (AvgIpc) is 3.00. The Hall–Kier alpha value is -4.07. The highest BCUT2D eigenvalue weighted by Crippen LogP contribution is 2.39. The quantitative estimate of drug-likeness (QED) is 0.442. The molecule has 8 heteroatoms. The Morgan fingerprint density at radius 2 is 1.55 bits per heavy atom. The van der Waals surface area contributed by atoms with Crippen LogP contribution >= 0.6 is 0 Å². The van der Waals surface area contributed by atoms with Gasteiger partial charge in [-0.2, -0.15) is 0 Å². The van der Waals surface area contributed by atoms with E-state index in [9.17, 15) is 23.2 Å². The molecule has 0 unspecified atom stereocenters. The van der Waals surface area contributed by atoms with Crippen molar-refractivity contribution >= 4 is 17.7 Å². The molecule has 0 radical (unpaired) electrons. The fourth-order valence-corrected chi connectivity index (χ4v) is 5.06. The fourth-order valence-electron chi connectivity index (χ4n) is 5.06. The molecule has 4 rings (SSSR count). The van der Waals surface area contributed by atoms with E-state index in [1.165, 1.54) is 6.92 Å². The van der Waals surface area contributed by atoms with E-state index in [4.69, 9.17) is 0 Å². The Labute approximate surface area is 220 Å². The highest BCUT2D eigenvalue weighted by Gasteiger charge is 2.47. The predicted molar refractivity (Wildman–Crippen MR) is 140 cm³/mol.